The summed E-state index contributed by atoms with van der Waals surface area (Å²) in [6.45, 7) is 0.491. The molecule has 0 spiro atoms. The van der Waals surface area contributed by atoms with Gasteiger partial charge in [-0.15, -0.1) is 11.3 Å². The van der Waals surface area contributed by atoms with E-state index in [9.17, 15) is 14.9 Å². The first-order valence-electron chi connectivity index (χ1n) is 5.71. The van der Waals surface area contributed by atoms with E-state index in [0.717, 1.165) is 4.88 Å². The molecule has 1 amide bonds. The summed E-state index contributed by atoms with van der Waals surface area (Å²) in [6, 6.07) is 7.84. The number of nitro benzene ring substituents is 1. The summed E-state index contributed by atoms with van der Waals surface area (Å²) in [5, 5.41) is 12.6. The molecule has 0 radical (unpaired) electrons. The molecule has 0 aliphatic carbocycles. The fourth-order valence-electron chi connectivity index (χ4n) is 1.72. The molecular formula is C13H11ClN2O3S. The van der Waals surface area contributed by atoms with Crippen molar-refractivity contribution in [2.24, 2.45) is 0 Å². The van der Waals surface area contributed by atoms with Gasteiger partial charge < -0.3 is 4.90 Å². The van der Waals surface area contributed by atoms with Crippen LogP contribution >= 0.6 is 22.9 Å². The van der Waals surface area contributed by atoms with Gasteiger partial charge in [0.15, 0.2) is 0 Å². The normalized spacial score (nSPS) is 10.3. The van der Waals surface area contributed by atoms with Gasteiger partial charge in [0.2, 0.25) is 0 Å². The standard InChI is InChI=1S/C13H11ClN2O3S/c1-15(8-10-3-2-6-20-10)13(17)9-4-5-12(16(18)19)11(14)7-9/h2-7H,8H2,1H3. The summed E-state index contributed by atoms with van der Waals surface area (Å²) in [5.74, 6) is -0.227. The first kappa shape index (κ1) is 14.5. The molecule has 1 heterocycles. The lowest BCUT2D eigenvalue weighted by atomic mass is 10.2. The van der Waals surface area contributed by atoms with E-state index in [0.29, 0.717) is 12.1 Å². The molecule has 0 saturated heterocycles. The Hall–Kier alpha value is -1.92. The fraction of sp³-hybridized carbons (Fsp3) is 0.154. The first-order valence-corrected chi connectivity index (χ1v) is 6.96. The van der Waals surface area contributed by atoms with E-state index >= 15 is 0 Å². The van der Waals surface area contributed by atoms with Crippen LogP contribution < -0.4 is 0 Å². The predicted octanol–water partition coefficient (Wildman–Crippen LogP) is 3.58. The molecular weight excluding hydrogens is 300 g/mol. The monoisotopic (exact) mass is 310 g/mol. The Morgan fingerprint density at radius 1 is 1.45 bits per heavy atom. The Labute approximate surface area is 124 Å². The zero-order chi connectivity index (χ0) is 14.7. The second-order valence-corrected chi connectivity index (χ2v) is 5.60. The third-order valence-electron chi connectivity index (χ3n) is 2.71. The van der Waals surface area contributed by atoms with Crippen LogP contribution in [0.15, 0.2) is 35.7 Å². The lowest BCUT2D eigenvalue weighted by Crippen LogP contribution is -2.25. The van der Waals surface area contributed by atoms with Crippen molar-refractivity contribution >= 4 is 34.5 Å². The second kappa shape index (κ2) is 6.02. The van der Waals surface area contributed by atoms with Gasteiger partial charge in [-0.2, -0.15) is 0 Å². The third-order valence-corrected chi connectivity index (χ3v) is 3.88. The number of amides is 1. The Morgan fingerprint density at radius 2 is 2.20 bits per heavy atom. The highest BCUT2D eigenvalue weighted by Crippen LogP contribution is 2.25. The van der Waals surface area contributed by atoms with E-state index in [1.807, 2.05) is 17.5 Å². The van der Waals surface area contributed by atoms with E-state index in [-0.39, 0.29) is 16.6 Å². The van der Waals surface area contributed by atoms with Crippen LogP contribution in [-0.4, -0.2) is 22.8 Å². The van der Waals surface area contributed by atoms with Crippen molar-refractivity contribution in [1.82, 2.24) is 4.90 Å². The molecule has 7 heteroatoms. The van der Waals surface area contributed by atoms with Crippen LogP contribution in [-0.2, 0) is 6.54 Å². The Morgan fingerprint density at radius 3 is 2.75 bits per heavy atom. The minimum atomic E-state index is -0.577. The highest BCUT2D eigenvalue weighted by atomic mass is 35.5. The summed E-state index contributed by atoms with van der Waals surface area (Å²) < 4.78 is 0. The maximum absolute atomic E-state index is 12.2. The van der Waals surface area contributed by atoms with Crippen molar-refractivity contribution in [3.8, 4) is 0 Å². The van der Waals surface area contributed by atoms with Gasteiger partial charge >= 0.3 is 0 Å². The molecule has 0 aliphatic heterocycles. The van der Waals surface area contributed by atoms with Crippen molar-refractivity contribution in [2.45, 2.75) is 6.54 Å². The van der Waals surface area contributed by atoms with E-state index in [1.54, 1.807) is 23.3 Å². The Kier molecular flexibility index (Phi) is 4.36. The number of halogens is 1. The lowest BCUT2D eigenvalue weighted by molar-refractivity contribution is -0.384. The number of nitro groups is 1. The van der Waals surface area contributed by atoms with E-state index in [1.165, 1.54) is 18.2 Å². The van der Waals surface area contributed by atoms with Crippen LogP contribution in [0.3, 0.4) is 0 Å². The van der Waals surface area contributed by atoms with Crippen molar-refractivity contribution in [3.05, 3.63) is 61.3 Å². The summed E-state index contributed by atoms with van der Waals surface area (Å²) >= 11 is 7.37. The third kappa shape index (κ3) is 3.15. The molecule has 0 bridgehead atoms. The number of nitrogens with zero attached hydrogens (tertiary/aromatic N) is 2. The quantitative estimate of drug-likeness (QED) is 0.640. The Bertz CT molecular complexity index is 643. The maximum Gasteiger partial charge on any atom is 0.287 e. The molecule has 0 N–H and O–H groups in total. The minimum absolute atomic E-state index is 0.0367. The number of thiophene rings is 1. The number of hydrogen-bond acceptors (Lipinski definition) is 4. The van der Waals surface area contributed by atoms with E-state index < -0.39 is 4.92 Å². The zero-order valence-corrected chi connectivity index (χ0v) is 12.1. The fourth-order valence-corrected chi connectivity index (χ4v) is 2.72. The van der Waals surface area contributed by atoms with Gasteiger partial charge in [0.25, 0.3) is 11.6 Å². The van der Waals surface area contributed by atoms with Gasteiger partial charge in [-0.1, -0.05) is 17.7 Å². The van der Waals surface area contributed by atoms with Crippen molar-refractivity contribution in [3.63, 3.8) is 0 Å². The molecule has 104 valence electrons. The molecule has 0 fully saturated rings. The average molecular weight is 311 g/mol. The maximum atomic E-state index is 12.2. The average Bonchev–Trinajstić information content (AvgIpc) is 2.90. The van der Waals surface area contributed by atoms with Crippen molar-refractivity contribution in [1.29, 1.82) is 0 Å². The van der Waals surface area contributed by atoms with Gasteiger partial charge in [0, 0.05) is 23.6 Å². The zero-order valence-electron chi connectivity index (χ0n) is 10.6. The first-order chi connectivity index (χ1) is 9.49. The number of hydrogen-bond donors (Lipinski definition) is 0. The summed E-state index contributed by atoms with van der Waals surface area (Å²) in [5.41, 5.74) is 0.129. The van der Waals surface area contributed by atoms with Crippen molar-refractivity contribution in [2.75, 3.05) is 7.05 Å². The highest BCUT2D eigenvalue weighted by molar-refractivity contribution is 7.09. The van der Waals surface area contributed by atoms with Gasteiger partial charge in [-0.25, -0.2) is 0 Å². The molecule has 20 heavy (non-hydrogen) atoms. The van der Waals surface area contributed by atoms with Crippen LogP contribution in [0.25, 0.3) is 0 Å². The highest BCUT2D eigenvalue weighted by Gasteiger charge is 2.17. The van der Waals surface area contributed by atoms with E-state index in [2.05, 4.69) is 0 Å². The molecule has 1 aromatic carbocycles. The SMILES string of the molecule is CN(Cc1cccs1)C(=O)c1ccc([N+](=O)[O-])c(Cl)c1. The number of rotatable bonds is 4. The second-order valence-electron chi connectivity index (χ2n) is 4.16. The smallest absolute Gasteiger partial charge is 0.287 e. The van der Waals surface area contributed by atoms with Gasteiger partial charge in [-0.3, -0.25) is 14.9 Å². The molecule has 0 aliphatic rings. The molecule has 5 nitrogen and oxygen atoms in total. The van der Waals surface area contributed by atoms with Crippen LogP contribution in [0.5, 0.6) is 0 Å². The number of benzene rings is 1. The van der Waals surface area contributed by atoms with Crippen molar-refractivity contribution < 1.29 is 9.72 Å². The van der Waals surface area contributed by atoms with Crippen LogP contribution in [0.1, 0.15) is 15.2 Å². The van der Waals surface area contributed by atoms with Crippen LogP contribution in [0.2, 0.25) is 5.02 Å². The largest absolute Gasteiger partial charge is 0.337 e. The molecule has 2 aromatic rings. The summed E-state index contributed by atoms with van der Waals surface area (Å²) in [7, 11) is 1.68. The molecule has 0 unspecified atom stereocenters. The summed E-state index contributed by atoms with van der Waals surface area (Å²) in [6.07, 6.45) is 0. The Balaban J connectivity index is 2.16. The minimum Gasteiger partial charge on any atom is -0.337 e. The molecule has 0 atom stereocenters. The molecule has 2 rings (SSSR count). The van der Waals surface area contributed by atoms with Gasteiger partial charge in [0.05, 0.1) is 11.5 Å². The van der Waals surface area contributed by atoms with Crippen LogP contribution in [0.4, 0.5) is 5.69 Å². The van der Waals surface area contributed by atoms with E-state index in [4.69, 9.17) is 11.6 Å². The number of carbonyl (C=O) groups excluding carboxylic acids is 1. The summed E-state index contributed by atoms with van der Waals surface area (Å²) in [4.78, 5) is 24.9. The van der Waals surface area contributed by atoms with Gasteiger partial charge in [0.1, 0.15) is 5.02 Å². The molecule has 0 saturated carbocycles. The predicted molar refractivity (Wildman–Crippen MR) is 78.2 cm³/mol. The van der Waals surface area contributed by atoms with Gasteiger partial charge in [-0.05, 0) is 23.6 Å². The topological polar surface area (TPSA) is 63.5 Å². The molecule has 1 aromatic heterocycles. The van der Waals surface area contributed by atoms with Crippen LogP contribution in [0, 0.1) is 10.1 Å². The lowest BCUT2D eigenvalue weighted by Gasteiger charge is -2.16. The number of carbonyl (C=O) groups is 1.